The standard InChI is InChI=1S/C32H27N5O3S/c1-22-10-8-9-15-28(22)34-21-27-30(39)36(26-13-6-3-7-14-26)32(41)37(31(27)40)35-29(38)24-16-18-25(19-17-24)33-20-23-11-4-2-5-12-23/h2-20,27,34H,21H2,1H3,(H,35,38). The van der Waals surface area contributed by atoms with Gasteiger partial charge in [-0.1, -0.05) is 66.7 Å². The van der Waals surface area contributed by atoms with Crippen molar-refractivity contribution in [1.29, 1.82) is 0 Å². The van der Waals surface area contributed by atoms with Gasteiger partial charge in [-0.15, -0.1) is 0 Å². The predicted molar refractivity (Wildman–Crippen MR) is 164 cm³/mol. The summed E-state index contributed by atoms with van der Waals surface area (Å²) in [5.41, 5.74) is 6.81. The number of amides is 3. The molecule has 4 aromatic carbocycles. The maximum Gasteiger partial charge on any atom is 0.270 e. The largest absolute Gasteiger partial charge is 0.383 e. The molecular formula is C32H27N5O3S. The maximum atomic E-state index is 13.6. The summed E-state index contributed by atoms with van der Waals surface area (Å²) in [4.78, 5) is 46.1. The fourth-order valence-corrected chi connectivity index (χ4v) is 4.67. The molecule has 41 heavy (non-hydrogen) atoms. The minimum absolute atomic E-state index is 0.0228. The number of hydrazine groups is 1. The molecule has 9 heteroatoms. The van der Waals surface area contributed by atoms with Gasteiger partial charge in [-0.3, -0.25) is 29.7 Å². The number of anilines is 2. The Morgan fingerprint density at radius 1 is 0.854 bits per heavy atom. The first-order valence-electron chi connectivity index (χ1n) is 13.0. The highest BCUT2D eigenvalue weighted by molar-refractivity contribution is 7.80. The van der Waals surface area contributed by atoms with Crippen molar-refractivity contribution < 1.29 is 14.4 Å². The molecule has 3 amide bonds. The monoisotopic (exact) mass is 561 g/mol. The number of aryl methyl sites for hydroxylation is 1. The van der Waals surface area contributed by atoms with Crippen LogP contribution in [0.3, 0.4) is 0 Å². The number of nitrogens with zero attached hydrogens (tertiary/aromatic N) is 3. The van der Waals surface area contributed by atoms with Crippen LogP contribution in [0.2, 0.25) is 0 Å². The Morgan fingerprint density at radius 2 is 1.49 bits per heavy atom. The smallest absolute Gasteiger partial charge is 0.270 e. The number of thiocarbonyl (C=S) groups is 1. The molecule has 1 unspecified atom stereocenters. The van der Waals surface area contributed by atoms with E-state index < -0.39 is 23.6 Å². The second-order valence-corrected chi connectivity index (χ2v) is 9.74. The topological polar surface area (TPSA) is 94.1 Å². The zero-order chi connectivity index (χ0) is 28.8. The normalized spacial score (nSPS) is 15.3. The van der Waals surface area contributed by atoms with Crippen molar-refractivity contribution in [1.82, 2.24) is 10.4 Å². The Balaban J connectivity index is 1.36. The lowest BCUT2D eigenvalue weighted by atomic mass is 10.0. The molecule has 5 rings (SSSR count). The summed E-state index contributed by atoms with van der Waals surface area (Å²) < 4.78 is 0. The number of aliphatic imine (C=N–C) groups is 1. The van der Waals surface area contributed by atoms with E-state index in [1.165, 1.54) is 4.90 Å². The Kier molecular flexibility index (Phi) is 8.26. The fraction of sp³-hybridized carbons (Fsp3) is 0.0938. The number of carbonyl (C=O) groups excluding carboxylic acids is 3. The summed E-state index contributed by atoms with van der Waals surface area (Å²) in [5, 5.41) is 4.06. The number of hydrogen-bond acceptors (Lipinski definition) is 6. The summed E-state index contributed by atoms with van der Waals surface area (Å²) >= 11 is 5.56. The van der Waals surface area contributed by atoms with Crippen LogP contribution in [-0.4, -0.2) is 40.6 Å². The highest BCUT2D eigenvalue weighted by Crippen LogP contribution is 2.25. The third-order valence-corrected chi connectivity index (χ3v) is 6.95. The average Bonchev–Trinajstić information content (AvgIpc) is 3.00. The van der Waals surface area contributed by atoms with Crippen LogP contribution in [0.1, 0.15) is 21.5 Å². The van der Waals surface area contributed by atoms with Gasteiger partial charge in [0.05, 0.1) is 11.4 Å². The lowest BCUT2D eigenvalue weighted by molar-refractivity contribution is -0.140. The Morgan fingerprint density at radius 3 is 2.17 bits per heavy atom. The third kappa shape index (κ3) is 6.21. The second-order valence-electron chi connectivity index (χ2n) is 9.37. The van der Waals surface area contributed by atoms with Crippen LogP contribution in [0.15, 0.2) is 114 Å². The first-order chi connectivity index (χ1) is 19.9. The number of benzene rings is 4. The molecule has 4 aromatic rings. The first kappa shape index (κ1) is 27.4. The minimum atomic E-state index is -1.13. The van der Waals surface area contributed by atoms with Crippen LogP contribution in [0.25, 0.3) is 0 Å². The van der Waals surface area contributed by atoms with E-state index in [0.717, 1.165) is 21.8 Å². The number of nitrogens with one attached hydrogen (secondary N) is 2. The van der Waals surface area contributed by atoms with E-state index in [4.69, 9.17) is 12.2 Å². The van der Waals surface area contributed by atoms with Crippen molar-refractivity contribution in [3.8, 4) is 0 Å². The molecule has 0 aromatic heterocycles. The van der Waals surface area contributed by atoms with Crippen molar-refractivity contribution in [2.75, 3.05) is 16.8 Å². The van der Waals surface area contributed by atoms with Crippen LogP contribution < -0.4 is 15.6 Å². The van der Waals surface area contributed by atoms with Gasteiger partial charge in [0.1, 0.15) is 5.92 Å². The molecule has 1 fully saturated rings. The molecule has 0 bridgehead atoms. The van der Waals surface area contributed by atoms with Gasteiger partial charge in [0.2, 0.25) is 11.0 Å². The van der Waals surface area contributed by atoms with Crippen molar-refractivity contribution in [3.05, 3.63) is 126 Å². The molecule has 1 aliphatic heterocycles. The number of para-hydroxylation sites is 2. The SMILES string of the molecule is Cc1ccccc1NCC1C(=O)N(NC(=O)c2ccc(N=Cc3ccccc3)cc2)C(=S)N(c2ccccc2)C1=O. The summed E-state index contributed by atoms with van der Waals surface area (Å²) in [6.45, 7) is 1.96. The molecule has 1 heterocycles. The van der Waals surface area contributed by atoms with Gasteiger partial charge in [-0.05, 0) is 72.7 Å². The van der Waals surface area contributed by atoms with E-state index >= 15 is 0 Å². The third-order valence-electron chi connectivity index (χ3n) is 6.58. The number of hydrogen-bond donors (Lipinski definition) is 2. The summed E-state index contributed by atoms with van der Waals surface area (Å²) in [7, 11) is 0. The summed E-state index contributed by atoms with van der Waals surface area (Å²) in [6, 6.07) is 32.7. The van der Waals surface area contributed by atoms with Crippen LogP contribution in [0, 0.1) is 12.8 Å². The van der Waals surface area contributed by atoms with E-state index in [-0.39, 0.29) is 11.7 Å². The van der Waals surface area contributed by atoms with Gasteiger partial charge >= 0.3 is 0 Å². The lowest BCUT2D eigenvalue weighted by Crippen LogP contribution is -2.65. The molecule has 1 saturated heterocycles. The van der Waals surface area contributed by atoms with Crippen LogP contribution in [0.4, 0.5) is 17.1 Å². The molecule has 2 N–H and O–H groups in total. The van der Waals surface area contributed by atoms with Crippen LogP contribution in [0.5, 0.6) is 0 Å². The Hall–Kier alpha value is -5.15. The lowest BCUT2D eigenvalue weighted by Gasteiger charge is -2.39. The molecule has 1 aliphatic rings. The average molecular weight is 562 g/mol. The predicted octanol–water partition coefficient (Wildman–Crippen LogP) is 5.28. The van der Waals surface area contributed by atoms with Crippen LogP contribution in [-0.2, 0) is 9.59 Å². The number of carbonyl (C=O) groups is 3. The zero-order valence-corrected chi connectivity index (χ0v) is 23.0. The van der Waals surface area contributed by atoms with Gasteiger partial charge < -0.3 is 5.32 Å². The van der Waals surface area contributed by atoms with Gasteiger partial charge in [0, 0.05) is 24.0 Å². The van der Waals surface area contributed by atoms with E-state index in [9.17, 15) is 14.4 Å². The molecule has 0 radical (unpaired) electrons. The fourth-order valence-electron chi connectivity index (χ4n) is 4.33. The van der Waals surface area contributed by atoms with E-state index in [1.807, 2.05) is 67.6 Å². The summed E-state index contributed by atoms with van der Waals surface area (Å²) in [5.74, 6) is -2.77. The highest BCUT2D eigenvalue weighted by atomic mass is 32.1. The Bertz CT molecular complexity index is 1610. The van der Waals surface area contributed by atoms with Crippen molar-refractivity contribution >= 4 is 58.3 Å². The van der Waals surface area contributed by atoms with E-state index in [1.54, 1.807) is 54.7 Å². The number of rotatable bonds is 8. The van der Waals surface area contributed by atoms with Gasteiger partial charge in [0.15, 0.2) is 0 Å². The molecular weight excluding hydrogens is 534 g/mol. The molecule has 0 aliphatic carbocycles. The summed E-state index contributed by atoms with van der Waals surface area (Å²) in [6.07, 6.45) is 1.74. The zero-order valence-electron chi connectivity index (χ0n) is 22.2. The molecule has 0 spiro atoms. The second kappa shape index (κ2) is 12.4. The van der Waals surface area contributed by atoms with E-state index in [0.29, 0.717) is 16.9 Å². The quantitative estimate of drug-likeness (QED) is 0.174. The highest BCUT2D eigenvalue weighted by Gasteiger charge is 2.45. The van der Waals surface area contributed by atoms with Gasteiger partial charge in [-0.2, -0.15) is 5.01 Å². The van der Waals surface area contributed by atoms with Gasteiger partial charge in [0.25, 0.3) is 11.8 Å². The Labute approximate surface area is 243 Å². The molecule has 1 atom stereocenters. The molecule has 204 valence electrons. The van der Waals surface area contributed by atoms with Gasteiger partial charge in [-0.25, -0.2) is 0 Å². The first-order valence-corrected chi connectivity index (χ1v) is 13.4. The minimum Gasteiger partial charge on any atom is -0.383 e. The van der Waals surface area contributed by atoms with Crippen molar-refractivity contribution in [2.45, 2.75) is 6.92 Å². The molecule has 8 nitrogen and oxygen atoms in total. The van der Waals surface area contributed by atoms with E-state index in [2.05, 4.69) is 15.7 Å². The van der Waals surface area contributed by atoms with Crippen molar-refractivity contribution in [3.63, 3.8) is 0 Å². The van der Waals surface area contributed by atoms with Crippen molar-refractivity contribution in [2.24, 2.45) is 10.9 Å². The maximum absolute atomic E-state index is 13.6. The molecule has 0 saturated carbocycles. The van der Waals surface area contributed by atoms with Crippen LogP contribution >= 0.6 is 12.2 Å².